The summed E-state index contributed by atoms with van der Waals surface area (Å²) >= 11 is 0. The Morgan fingerprint density at radius 1 is 1.14 bits per heavy atom. The third-order valence-electron chi connectivity index (χ3n) is 4.45. The van der Waals surface area contributed by atoms with Crippen molar-refractivity contribution in [2.75, 3.05) is 25.6 Å². The summed E-state index contributed by atoms with van der Waals surface area (Å²) in [7, 11) is 1.60. The monoisotopic (exact) mass is 510 g/mol. The normalized spacial score (nSPS) is 10.6. The largest absolute Gasteiger partial charge is 0.497 e. The fourth-order valence-electron chi connectivity index (χ4n) is 2.71. The Morgan fingerprint density at radius 2 is 1.89 bits per heavy atom. The Balaban J connectivity index is 0.000000572. The number of hydrogen-bond donors (Lipinski definition) is 5. The number of amides is 2. The first kappa shape index (κ1) is 28.0. The average Bonchev–Trinajstić information content (AvgIpc) is 3.39. The molecular weight excluding hydrogens is 485 g/mol. The zero-order valence-electron chi connectivity index (χ0n) is 19.1. The van der Waals surface area contributed by atoms with Gasteiger partial charge in [-0.1, -0.05) is 18.2 Å². The van der Waals surface area contributed by atoms with Gasteiger partial charge < -0.3 is 30.3 Å². The Morgan fingerprint density at radius 3 is 2.50 bits per heavy atom. The van der Waals surface area contributed by atoms with Crippen LogP contribution in [0.2, 0.25) is 0 Å². The molecular formula is C23H25F3N4O6. The Kier molecular flexibility index (Phi) is 10.6. The highest BCUT2D eigenvalue weighted by atomic mass is 19.4. The molecule has 2 aromatic carbocycles. The highest BCUT2D eigenvalue weighted by Gasteiger charge is 2.38. The molecule has 10 nitrogen and oxygen atoms in total. The molecule has 0 aliphatic heterocycles. The van der Waals surface area contributed by atoms with Gasteiger partial charge in [-0.15, -0.1) is 0 Å². The molecule has 3 rings (SSSR count). The molecule has 194 valence electrons. The van der Waals surface area contributed by atoms with Crippen molar-refractivity contribution in [2.24, 2.45) is 0 Å². The first-order valence-corrected chi connectivity index (χ1v) is 10.5. The topological polar surface area (TPSA) is 146 Å². The van der Waals surface area contributed by atoms with E-state index in [1.54, 1.807) is 25.6 Å². The number of carboxylic acid groups (broad SMARTS) is 1. The molecule has 0 atom stereocenters. The SMILES string of the molecule is COc1cccc(CNC(=O)Nc2ccc(-c3cn[nH]c3)cc2OCCCO)c1.O=C(O)C(F)(F)F. The lowest BCUT2D eigenvalue weighted by molar-refractivity contribution is -0.192. The molecule has 0 bridgehead atoms. The number of benzene rings is 2. The number of aliphatic hydroxyl groups excluding tert-OH is 1. The van der Waals surface area contributed by atoms with Gasteiger partial charge in [-0.3, -0.25) is 5.10 Å². The number of carbonyl (C=O) groups excluding carboxylic acids is 1. The van der Waals surface area contributed by atoms with Gasteiger partial charge in [0.1, 0.15) is 11.5 Å². The molecule has 5 N–H and O–H groups in total. The predicted molar refractivity (Wildman–Crippen MR) is 124 cm³/mol. The van der Waals surface area contributed by atoms with Crippen LogP contribution in [-0.2, 0) is 11.3 Å². The van der Waals surface area contributed by atoms with Crippen LogP contribution >= 0.6 is 0 Å². The number of hydrogen-bond acceptors (Lipinski definition) is 6. The highest BCUT2D eigenvalue weighted by molar-refractivity contribution is 5.91. The van der Waals surface area contributed by atoms with Crippen LogP contribution in [0.1, 0.15) is 12.0 Å². The van der Waals surface area contributed by atoms with Crippen molar-refractivity contribution in [3.8, 4) is 22.6 Å². The average molecular weight is 510 g/mol. The van der Waals surface area contributed by atoms with Crippen molar-refractivity contribution in [3.05, 3.63) is 60.4 Å². The van der Waals surface area contributed by atoms with E-state index in [0.717, 1.165) is 22.4 Å². The minimum atomic E-state index is -5.08. The van der Waals surface area contributed by atoms with Crippen LogP contribution in [0.15, 0.2) is 54.9 Å². The number of halogens is 3. The van der Waals surface area contributed by atoms with Gasteiger partial charge >= 0.3 is 18.2 Å². The summed E-state index contributed by atoms with van der Waals surface area (Å²) in [5.41, 5.74) is 3.28. The molecule has 0 spiro atoms. The van der Waals surface area contributed by atoms with E-state index >= 15 is 0 Å². The second-order valence-electron chi connectivity index (χ2n) is 7.09. The van der Waals surface area contributed by atoms with Gasteiger partial charge in [0.05, 0.1) is 25.6 Å². The molecule has 0 saturated carbocycles. The van der Waals surface area contributed by atoms with Gasteiger partial charge in [0.25, 0.3) is 0 Å². The first-order chi connectivity index (χ1) is 17.1. The quantitative estimate of drug-likeness (QED) is 0.275. The number of aromatic amines is 1. The third kappa shape index (κ3) is 9.18. The molecule has 36 heavy (non-hydrogen) atoms. The maximum atomic E-state index is 12.4. The Labute approximate surface area is 204 Å². The van der Waals surface area contributed by atoms with Crippen molar-refractivity contribution < 1.29 is 42.4 Å². The van der Waals surface area contributed by atoms with E-state index in [1.165, 1.54) is 0 Å². The molecule has 13 heteroatoms. The third-order valence-corrected chi connectivity index (χ3v) is 4.45. The number of carbonyl (C=O) groups is 2. The van der Waals surface area contributed by atoms with E-state index in [4.69, 9.17) is 24.5 Å². The predicted octanol–water partition coefficient (Wildman–Crippen LogP) is 3.80. The number of aliphatic carboxylic acids is 1. The molecule has 0 aliphatic rings. The Hall–Kier alpha value is -4.26. The fourth-order valence-corrected chi connectivity index (χ4v) is 2.71. The summed E-state index contributed by atoms with van der Waals surface area (Å²) in [6, 6.07) is 12.6. The van der Waals surface area contributed by atoms with E-state index < -0.39 is 12.1 Å². The summed E-state index contributed by atoms with van der Waals surface area (Å²) in [5, 5.41) is 28.5. The summed E-state index contributed by atoms with van der Waals surface area (Å²) in [4.78, 5) is 21.3. The van der Waals surface area contributed by atoms with E-state index in [1.807, 2.05) is 36.4 Å². The van der Waals surface area contributed by atoms with Crippen molar-refractivity contribution in [2.45, 2.75) is 19.1 Å². The molecule has 0 radical (unpaired) electrons. The lowest BCUT2D eigenvalue weighted by Crippen LogP contribution is -2.28. The molecule has 2 amide bonds. The van der Waals surface area contributed by atoms with Crippen molar-refractivity contribution in [3.63, 3.8) is 0 Å². The number of alkyl halides is 3. The van der Waals surface area contributed by atoms with Gasteiger partial charge in [-0.2, -0.15) is 18.3 Å². The van der Waals surface area contributed by atoms with Gasteiger partial charge in [-0.05, 0) is 35.4 Å². The van der Waals surface area contributed by atoms with Crippen molar-refractivity contribution in [1.29, 1.82) is 0 Å². The minimum Gasteiger partial charge on any atom is -0.497 e. The van der Waals surface area contributed by atoms with Crippen LogP contribution < -0.4 is 20.1 Å². The lowest BCUT2D eigenvalue weighted by Gasteiger charge is -2.14. The van der Waals surface area contributed by atoms with E-state index in [2.05, 4.69) is 20.8 Å². The number of aliphatic hydroxyl groups is 1. The number of ether oxygens (including phenoxy) is 2. The molecule has 0 saturated heterocycles. The first-order valence-electron chi connectivity index (χ1n) is 10.5. The van der Waals surface area contributed by atoms with Gasteiger partial charge in [0.2, 0.25) is 0 Å². The van der Waals surface area contributed by atoms with Gasteiger partial charge in [0, 0.05) is 31.3 Å². The number of H-pyrrole nitrogens is 1. The maximum absolute atomic E-state index is 12.4. The van der Waals surface area contributed by atoms with Gasteiger partial charge in [-0.25, -0.2) is 9.59 Å². The molecule has 1 aromatic heterocycles. The summed E-state index contributed by atoms with van der Waals surface area (Å²) in [5.74, 6) is -1.50. The minimum absolute atomic E-state index is 0.0329. The number of urea groups is 1. The van der Waals surface area contributed by atoms with Crippen molar-refractivity contribution in [1.82, 2.24) is 15.5 Å². The number of rotatable bonds is 9. The second kappa shape index (κ2) is 13.6. The van der Waals surface area contributed by atoms with Crippen LogP contribution in [0.25, 0.3) is 11.1 Å². The van der Waals surface area contributed by atoms with Crippen LogP contribution in [0.4, 0.5) is 23.7 Å². The summed E-state index contributed by atoms with van der Waals surface area (Å²) in [6.45, 7) is 0.730. The molecule has 0 aliphatic carbocycles. The Bertz CT molecular complexity index is 1120. The number of aromatic nitrogens is 2. The number of nitrogens with zero attached hydrogens (tertiary/aromatic N) is 1. The summed E-state index contributed by atoms with van der Waals surface area (Å²) < 4.78 is 42.7. The number of nitrogens with one attached hydrogen (secondary N) is 3. The van der Waals surface area contributed by atoms with Crippen LogP contribution in [0, 0.1) is 0 Å². The molecule has 1 heterocycles. The van der Waals surface area contributed by atoms with E-state index in [-0.39, 0.29) is 12.6 Å². The number of methoxy groups -OCH3 is 1. The lowest BCUT2D eigenvalue weighted by atomic mass is 10.1. The molecule has 3 aromatic rings. The van der Waals surface area contributed by atoms with E-state index in [0.29, 0.717) is 31.0 Å². The smallest absolute Gasteiger partial charge is 0.490 e. The fraction of sp³-hybridized carbons (Fsp3) is 0.261. The van der Waals surface area contributed by atoms with Crippen LogP contribution in [0.5, 0.6) is 11.5 Å². The van der Waals surface area contributed by atoms with Crippen molar-refractivity contribution >= 4 is 17.7 Å². The second-order valence-corrected chi connectivity index (χ2v) is 7.09. The standard InChI is InChI=1S/C21H24N4O4.C2HF3O2/c1-28-18-5-2-4-15(10-18)12-22-21(27)25-19-7-6-16(17-13-23-24-14-17)11-20(19)29-9-3-8-26;3-2(4,5)1(6)7/h2,4-7,10-11,13-14,26H,3,8-9,12H2,1H3,(H,23,24)(H2,22,25,27);(H,6,7). The number of anilines is 1. The molecule has 0 fully saturated rings. The zero-order chi connectivity index (χ0) is 26.6. The zero-order valence-corrected chi connectivity index (χ0v) is 19.1. The van der Waals surface area contributed by atoms with Gasteiger partial charge in [0.15, 0.2) is 0 Å². The van der Waals surface area contributed by atoms with E-state index in [9.17, 15) is 18.0 Å². The maximum Gasteiger partial charge on any atom is 0.490 e. The van der Waals surface area contributed by atoms with Crippen LogP contribution in [-0.4, -0.2) is 58.9 Å². The van der Waals surface area contributed by atoms with Crippen LogP contribution in [0.3, 0.4) is 0 Å². The number of carboxylic acids is 1. The molecule has 0 unspecified atom stereocenters. The highest BCUT2D eigenvalue weighted by Crippen LogP contribution is 2.31. The summed E-state index contributed by atoms with van der Waals surface area (Å²) in [6.07, 6.45) is -1.10.